The van der Waals surface area contributed by atoms with Crippen LogP contribution in [0, 0.1) is 22.7 Å². The van der Waals surface area contributed by atoms with Crippen LogP contribution in [0.4, 0.5) is 0 Å². The molecule has 0 aromatic carbocycles. The van der Waals surface area contributed by atoms with Gasteiger partial charge in [-0.05, 0) is 113 Å². The quantitative estimate of drug-likeness (QED) is 0.114. The average molecular weight is 609 g/mol. The van der Waals surface area contributed by atoms with Crippen molar-refractivity contribution in [1.82, 2.24) is 9.80 Å². The van der Waals surface area contributed by atoms with Crippen LogP contribution in [0.1, 0.15) is 152 Å². The topological polar surface area (TPSA) is 59.1 Å². The zero-order valence-corrected chi connectivity index (χ0v) is 29.9. The van der Waals surface area contributed by atoms with Crippen LogP contribution in [0.3, 0.4) is 0 Å². The number of hydrogen-bond donors (Lipinski definition) is 0. The lowest BCUT2D eigenvalue weighted by Crippen LogP contribution is -2.36. The van der Waals surface area contributed by atoms with E-state index in [0.29, 0.717) is 36.9 Å². The van der Waals surface area contributed by atoms with E-state index in [1.54, 1.807) is 0 Å². The Bertz CT molecular complexity index is 651. The molecule has 0 radical (unpaired) electrons. The maximum atomic E-state index is 12.1. The molecule has 0 bridgehead atoms. The Morgan fingerprint density at radius 2 is 0.930 bits per heavy atom. The number of ether oxygens (including phenoxy) is 2. The Kier molecular flexibility index (Phi) is 20.8. The van der Waals surface area contributed by atoms with Gasteiger partial charge in [0.25, 0.3) is 0 Å². The molecule has 2 heterocycles. The summed E-state index contributed by atoms with van der Waals surface area (Å²) >= 11 is 0. The molecule has 2 aliphatic heterocycles. The second kappa shape index (κ2) is 22.4. The summed E-state index contributed by atoms with van der Waals surface area (Å²) in [6.07, 6.45) is 16.7. The van der Waals surface area contributed by atoms with E-state index in [-0.39, 0.29) is 11.9 Å². The van der Waals surface area contributed by atoms with Crippen LogP contribution in [0.5, 0.6) is 0 Å². The number of unbranched alkanes of at least 4 members (excludes halogenated alkanes) is 2. The van der Waals surface area contributed by atoms with Gasteiger partial charge in [-0.3, -0.25) is 9.59 Å². The van der Waals surface area contributed by atoms with Gasteiger partial charge in [-0.15, -0.1) is 0 Å². The van der Waals surface area contributed by atoms with Crippen molar-refractivity contribution in [2.24, 2.45) is 22.7 Å². The van der Waals surface area contributed by atoms with E-state index in [9.17, 15) is 9.59 Å². The molecule has 0 unspecified atom stereocenters. The summed E-state index contributed by atoms with van der Waals surface area (Å²) < 4.78 is 10.9. The maximum absolute atomic E-state index is 12.1. The molecule has 43 heavy (non-hydrogen) atoms. The summed E-state index contributed by atoms with van der Waals surface area (Å²) in [6, 6.07) is 0. The lowest BCUT2D eigenvalue weighted by Gasteiger charge is -2.33. The largest absolute Gasteiger partial charge is 0.466 e. The smallest absolute Gasteiger partial charge is 0.307 e. The van der Waals surface area contributed by atoms with E-state index in [1.807, 2.05) is 13.8 Å². The molecule has 0 aliphatic carbocycles. The Labute approximate surface area is 267 Å². The van der Waals surface area contributed by atoms with Crippen molar-refractivity contribution in [2.75, 3.05) is 52.5 Å². The molecule has 254 valence electrons. The highest BCUT2D eigenvalue weighted by Gasteiger charge is 2.22. The molecule has 0 aromatic rings. The van der Waals surface area contributed by atoms with Gasteiger partial charge in [-0.25, -0.2) is 0 Å². The van der Waals surface area contributed by atoms with E-state index in [1.165, 1.54) is 57.8 Å². The fourth-order valence-corrected chi connectivity index (χ4v) is 6.22. The summed E-state index contributed by atoms with van der Waals surface area (Å²) in [4.78, 5) is 29.1. The van der Waals surface area contributed by atoms with Crippen molar-refractivity contribution >= 4 is 11.9 Å². The van der Waals surface area contributed by atoms with Gasteiger partial charge < -0.3 is 19.3 Å². The molecule has 2 rings (SSSR count). The van der Waals surface area contributed by atoms with Crippen LogP contribution >= 0.6 is 0 Å². The molecule has 6 heteroatoms. The van der Waals surface area contributed by atoms with Crippen molar-refractivity contribution in [3.05, 3.63) is 0 Å². The lowest BCUT2D eigenvalue weighted by atomic mass is 9.87. The minimum atomic E-state index is -0.0315. The molecular formula is C37H72N2O4. The predicted molar refractivity (Wildman–Crippen MR) is 181 cm³/mol. The standard InChI is InChI=1S/C35H66N2O4.C2H6/c1-34(2,3)20-7-9-28-40-32(38)18-26-36-22-14-30(15-23-36)12-11-13-31-16-24-37(25-17-31)27-19-33(39)41-29-10-8-21-35(4,5)6;1-2/h30-31H,7-29H2,1-6H3;1-2H3. The van der Waals surface area contributed by atoms with Crippen LogP contribution in [-0.4, -0.2) is 74.2 Å². The summed E-state index contributed by atoms with van der Waals surface area (Å²) in [6.45, 7) is 24.9. The first kappa shape index (κ1) is 39.9. The maximum Gasteiger partial charge on any atom is 0.307 e. The van der Waals surface area contributed by atoms with Gasteiger partial charge in [0, 0.05) is 13.1 Å². The van der Waals surface area contributed by atoms with Gasteiger partial charge >= 0.3 is 11.9 Å². The number of carbonyl (C=O) groups is 2. The van der Waals surface area contributed by atoms with E-state index in [4.69, 9.17) is 9.47 Å². The summed E-state index contributed by atoms with van der Waals surface area (Å²) in [5.41, 5.74) is 0.720. The second-order valence-corrected chi connectivity index (χ2v) is 15.5. The van der Waals surface area contributed by atoms with Gasteiger partial charge in [0.15, 0.2) is 0 Å². The first-order chi connectivity index (χ1) is 20.4. The van der Waals surface area contributed by atoms with Crippen LogP contribution in [0.2, 0.25) is 0 Å². The Balaban J connectivity index is 0.00000452. The molecule has 0 saturated carbocycles. The van der Waals surface area contributed by atoms with Crippen molar-refractivity contribution < 1.29 is 19.1 Å². The molecule has 2 aliphatic rings. The van der Waals surface area contributed by atoms with Crippen LogP contribution in [-0.2, 0) is 19.1 Å². The molecule has 2 saturated heterocycles. The SMILES string of the molecule is CC.CC(C)(C)CCCCOC(=O)CCN1CCC(CCCC2CCN(CCC(=O)OCCCCC(C)(C)C)CC2)CC1. The summed E-state index contributed by atoms with van der Waals surface area (Å²) in [5, 5.41) is 0. The zero-order valence-electron chi connectivity index (χ0n) is 29.9. The normalized spacial score (nSPS) is 17.8. The highest BCUT2D eigenvalue weighted by molar-refractivity contribution is 5.69. The number of likely N-dealkylation sites (tertiary alicyclic amines) is 2. The van der Waals surface area contributed by atoms with Gasteiger partial charge in [-0.1, -0.05) is 74.7 Å². The second-order valence-electron chi connectivity index (χ2n) is 15.5. The highest BCUT2D eigenvalue weighted by Crippen LogP contribution is 2.28. The third-order valence-electron chi connectivity index (χ3n) is 9.07. The lowest BCUT2D eigenvalue weighted by molar-refractivity contribution is -0.145. The molecule has 0 spiro atoms. The third-order valence-corrected chi connectivity index (χ3v) is 9.07. The number of nitrogens with zero attached hydrogens (tertiary/aromatic N) is 2. The van der Waals surface area contributed by atoms with Crippen molar-refractivity contribution in [2.45, 2.75) is 152 Å². The molecule has 0 amide bonds. The number of carbonyl (C=O) groups excluding carboxylic acids is 2. The van der Waals surface area contributed by atoms with E-state index in [0.717, 1.165) is 76.8 Å². The van der Waals surface area contributed by atoms with Gasteiger partial charge in [0.1, 0.15) is 0 Å². The average Bonchev–Trinajstić information content (AvgIpc) is 2.96. The first-order valence-corrected chi connectivity index (χ1v) is 18.2. The monoisotopic (exact) mass is 609 g/mol. The van der Waals surface area contributed by atoms with Crippen LogP contribution in [0.25, 0.3) is 0 Å². The van der Waals surface area contributed by atoms with Gasteiger partial charge in [-0.2, -0.15) is 0 Å². The third kappa shape index (κ3) is 22.1. The van der Waals surface area contributed by atoms with Gasteiger partial charge in [0.05, 0.1) is 26.1 Å². The van der Waals surface area contributed by atoms with Crippen LogP contribution in [0.15, 0.2) is 0 Å². The van der Waals surface area contributed by atoms with Crippen molar-refractivity contribution in [3.8, 4) is 0 Å². The minimum Gasteiger partial charge on any atom is -0.466 e. The Morgan fingerprint density at radius 3 is 1.26 bits per heavy atom. The number of hydrogen-bond acceptors (Lipinski definition) is 6. The summed E-state index contributed by atoms with van der Waals surface area (Å²) in [5.74, 6) is 1.63. The fraction of sp³-hybridized carbons (Fsp3) is 0.946. The molecule has 2 fully saturated rings. The summed E-state index contributed by atoms with van der Waals surface area (Å²) in [7, 11) is 0. The number of rotatable bonds is 18. The zero-order chi connectivity index (χ0) is 32.1. The number of piperidine rings is 2. The highest BCUT2D eigenvalue weighted by atomic mass is 16.5. The van der Waals surface area contributed by atoms with Crippen molar-refractivity contribution in [1.29, 1.82) is 0 Å². The Morgan fingerprint density at radius 1 is 0.581 bits per heavy atom. The predicted octanol–water partition coefficient (Wildman–Crippen LogP) is 8.91. The molecule has 0 atom stereocenters. The minimum absolute atomic E-state index is 0.0315. The van der Waals surface area contributed by atoms with Crippen molar-refractivity contribution in [3.63, 3.8) is 0 Å². The molecule has 0 aromatic heterocycles. The Hall–Kier alpha value is -1.14. The molecule has 6 nitrogen and oxygen atoms in total. The van der Waals surface area contributed by atoms with E-state index >= 15 is 0 Å². The van der Waals surface area contributed by atoms with Crippen LogP contribution < -0.4 is 0 Å². The van der Waals surface area contributed by atoms with Gasteiger partial charge in [0.2, 0.25) is 0 Å². The fourth-order valence-electron chi connectivity index (χ4n) is 6.22. The molecular weight excluding hydrogens is 536 g/mol. The first-order valence-electron chi connectivity index (χ1n) is 18.2. The number of esters is 2. The van der Waals surface area contributed by atoms with E-state index in [2.05, 4.69) is 51.3 Å². The van der Waals surface area contributed by atoms with E-state index < -0.39 is 0 Å². The molecule has 0 N–H and O–H groups in total.